The smallest absolute Gasteiger partial charge is 0.309 e. The Labute approximate surface area is 85.1 Å². The Morgan fingerprint density at radius 1 is 1.57 bits per heavy atom. The van der Waals surface area contributed by atoms with Crippen molar-refractivity contribution >= 4 is 12.3 Å². The summed E-state index contributed by atoms with van der Waals surface area (Å²) in [6, 6.07) is 0. The highest BCUT2D eigenvalue weighted by atomic mass is 16.5. The molecule has 80 valence electrons. The van der Waals surface area contributed by atoms with Crippen LogP contribution in [0.3, 0.4) is 0 Å². The average Bonchev–Trinajstić information content (AvgIpc) is 2.12. The Morgan fingerprint density at radius 3 is 2.64 bits per heavy atom. The molecule has 0 bridgehead atoms. The summed E-state index contributed by atoms with van der Waals surface area (Å²) in [5.41, 5.74) is 0.939. The molecule has 0 rings (SSSR count). The predicted octanol–water partition coefficient (Wildman–Crippen LogP) is 2.11. The molecule has 1 unspecified atom stereocenters. The molecule has 0 saturated carbocycles. The lowest BCUT2D eigenvalue weighted by atomic mass is 9.96. The summed E-state index contributed by atoms with van der Waals surface area (Å²) in [6.07, 6.45) is 2.38. The van der Waals surface area contributed by atoms with Crippen molar-refractivity contribution in [1.29, 1.82) is 0 Å². The van der Waals surface area contributed by atoms with Gasteiger partial charge in [-0.1, -0.05) is 5.57 Å². The van der Waals surface area contributed by atoms with Gasteiger partial charge in [0.05, 0.1) is 12.5 Å². The van der Waals surface area contributed by atoms with Gasteiger partial charge in [0.1, 0.15) is 6.29 Å². The molecule has 3 heteroatoms. The molecule has 0 N–H and O–H groups in total. The van der Waals surface area contributed by atoms with Gasteiger partial charge >= 0.3 is 5.97 Å². The van der Waals surface area contributed by atoms with E-state index in [1.165, 1.54) is 0 Å². The number of carbonyl (C=O) groups excluding carboxylic acids is 2. The molecule has 0 fully saturated rings. The number of rotatable bonds is 7. The highest BCUT2D eigenvalue weighted by Gasteiger charge is 2.18. The second-order valence-corrected chi connectivity index (χ2v) is 3.35. The molecule has 0 aliphatic carbocycles. The van der Waals surface area contributed by atoms with Crippen molar-refractivity contribution in [2.45, 2.75) is 33.1 Å². The van der Waals surface area contributed by atoms with Crippen molar-refractivity contribution in [1.82, 2.24) is 0 Å². The molecule has 0 radical (unpaired) electrons. The third kappa shape index (κ3) is 5.51. The molecule has 0 heterocycles. The SMILES string of the molecule is C=C(C)CC(CCC=O)C(=O)OCC. The summed E-state index contributed by atoms with van der Waals surface area (Å²) < 4.78 is 4.91. The number of hydrogen-bond acceptors (Lipinski definition) is 3. The van der Waals surface area contributed by atoms with E-state index in [0.717, 1.165) is 11.9 Å². The zero-order valence-corrected chi connectivity index (χ0v) is 8.91. The predicted molar refractivity (Wildman–Crippen MR) is 54.9 cm³/mol. The normalized spacial score (nSPS) is 11.9. The van der Waals surface area contributed by atoms with E-state index >= 15 is 0 Å². The van der Waals surface area contributed by atoms with Gasteiger partial charge in [-0.15, -0.1) is 6.58 Å². The fourth-order valence-corrected chi connectivity index (χ4v) is 1.25. The van der Waals surface area contributed by atoms with Crippen molar-refractivity contribution in [3.8, 4) is 0 Å². The maximum absolute atomic E-state index is 11.4. The van der Waals surface area contributed by atoms with Gasteiger partial charge in [0, 0.05) is 6.42 Å². The highest BCUT2D eigenvalue weighted by Crippen LogP contribution is 2.17. The highest BCUT2D eigenvalue weighted by molar-refractivity contribution is 5.73. The molecular weight excluding hydrogens is 180 g/mol. The summed E-state index contributed by atoms with van der Waals surface area (Å²) in [4.78, 5) is 21.6. The zero-order chi connectivity index (χ0) is 11.0. The van der Waals surface area contributed by atoms with Crippen molar-refractivity contribution in [3.63, 3.8) is 0 Å². The number of carbonyl (C=O) groups is 2. The Bertz CT molecular complexity index is 209. The lowest BCUT2D eigenvalue weighted by Gasteiger charge is -2.13. The van der Waals surface area contributed by atoms with Gasteiger partial charge < -0.3 is 9.53 Å². The van der Waals surface area contributed by atoms with Crippen LogP contribution in [0.15, 0.2) is 12.2 Å². The molecule has 0 aromatic carbocycles. The molecule has 1 atom stereocenters. The first-order valence-corrected chi connectivity index (χ1v) is 4.86. The van der Waals surface area contributed by atoms with Gasteiger partial charge in [0.2, 0.25) is 0 Å². The second kappa shape index (κ2) is 7.30. The van der Waals surface area contributed by atoms with Crippen LogP contribution in [0, 0.1) is 5.92 Å². The third-order valence-corrected chi connectivity index (χ3v) is 1.85. The topological polar surface area (TPSA) is 43.4 Å². The van der Waals surface area contributed by atoms with Gasteiger partial charge in [0.15, 0.2) is 0 Å². The van der Waals surface area contributed by atoms with E-state index in [4.69, 9.17) is 4.74 Å². The third-order valence-electron chi connectivity index (χ3n) is 1.85. The Hall–Kier alpha value is -1.12. The first-order valence-electron chi connectivity index (χ1n) is 4.86. The van der Waals surface area contributed by atoms with Crippen molar-refractivity contribution < 1.29 is 14.3 Å². The number of allylic oxidation sites excluding steroid dienone is 1. The maximum atomic E-state index is 11.4. The number of aldehydes is 1. The minimum atomic E-state index is -0.225. The Kier molecular flexibility index (Phi) is 6.72. The standard InChI is InChI=1S/C11H18O3/c1-4-14-11(13)10(6-5-7-12)8-9(2)3/h7,10H,2,4-6,8H2,1,3H3. The van der Waals surface area contributed by atoms with Crippen molar-refractivity contribution in [3.05, 3.63) is 12.2 Å². The van der Waals surface area contributed by atoms with Gasteiger partial charge in [-0.3, -0.25) is 4.79 Å². The van der Waals surface area contributed by atoms with Gasteiger partial charge in [-0.05, 0) is 26.7 Å². The van der Waals surface area contributed by atoms with Gasteiger partial charge in [-0.25, -0.2) is 0 Å². The van der Waals surface area contributed by atoms with E-state index in [2.05, 4.69) is 6.58 Å². The van der Waals surface area contributed by atoms with Crippen LogP contribution in [0.4, 0.5) is 0 Å². The van der Waals surface area contributed by atoms with E-state index in [-0.39, 0.29) is 11.9 Å². The molecule has 0 aromatic rings. The molecule has 0 aliphatic heterocycles. The number of ether oxygens (including phenoxy) is 1. The molecule has 0 spiro atoms. The summed E-state index contributed by atoms with van der Waals surface area (Å²) in [6.45, 7) is 7.77. The van der Waals surface area contributed by atoms with E-state index in [9.17, 15) is 9.59 Å². The minimum Gasteiger partial charge on any atom is -0.466 e. The molecule has 0 aliphatic rings. The monoisotopic (exact) mass is 198 g/mol. The first-order chi connectivity index (χ1) is 6.61. The first kappa shape index (κ1) is 12.9. The molecule has 0 amide bonds. The molecule has 3 nitrogen and oxygen atoms in total. The summed E-state index contributed by atoms with van der Waals surface area (Å²) in [5, 5.41) is 0. The molecule has 0 aromatic heterocycles. The summed E-state index contributed by atoms with van der Waals surface area (Å²) >= 11 is 0. The number of hydrogen-bond donors (Lipinski definition) is 0. The van der Waals surface area contributed by atoms with E-state index in [0.29, 0.717) is 25.9 Å². The second-order valence-electron chi connectivity index (χ2n) is 3.35. The van der Waals surface area contributed by atoms with Crippen LogP contribution in [-0.2, 0) is 14.3 Å². The largest absolute Gasteiger partial charge is 0.466 e. The fourth-order valence-electron chi connectivity index (χ4n) is 1.25. The van der Waals surface area contributed by atoms with E-state index < -0.39 is 0 Å². The fraction of sp³-hybridized carbons (Fsp3) is 0.636. The average molecular weight is 198 g/mol. The van der Waals surface area contributed by atoms with Crippen LogP contribution in [-0.4, -0.2) is 18.9 Å². The van der Waals surface area contributed by atoms with Crippen LogP contribution in [0.2, 0.25) is 0 Å². The minimum absolute atomic E-state index is 0.211. The molecular formula is C11H18O3. The summed E-state index contributed by atoms with van der Waals surface area (Å²) in [7, 11) is 0. The quantitative estimate of drug-likeness (QED) is 0.357. The van der Waals surface area contributed by atoms with E-state index in [1.54, 1.807) is 6.92 Å². The van der Waals surface area contributed by atoms with Crippen molar-refractivity contribution in [2.75, 3.05) is 6.61 Å². The lowest BCUT2D eigenvalue weighted by Crippen LogP contribution is -2.18. The number of esters is 1. The van der Waals surface area contributed by atoms with Gasteiger partial charge in [0.25, 0.3) is 0 Å². The van der Waals surface area contributed by atoms with Gasteiger partial charge in [-0.2, -0.15) is 0 Å². The van der Waals surface area contributed by atoms with E-state index in [1.807, 2.05) is 6.92 Å². The molecule has 14 heavy (non-hydrogen) atoms. The molecule has 0 saturated heterocycles. The van der Waals surface area contributed by atoms with Crippen LogP contribution >= 0.6 is 0 Å². The van der Waals surface area contributed by atoms with Crippen LogP contribution in [0.5, 0.6) is 0 Å². The van der Waals surface area contributed by atoms with Crippen LogP contribution in [0.25, 0.3) is 0 Å². The lowest BCUT2D eigenvalue weighted by molar-refractivity contribution is -0.148. The maximum Gasteiger partial charge on any atom is 0.309 e. The zero-order valence-electron chi connectivity index (χ0n) is 8.91. The Balaban J connectivity index is 4.14. The van der Waals surface area contributed by atoms with Crippen molar-refractivity contribution in [2.24, 2.45) is 5.92 Å². The Morgan fingerprint density at radius 2 is 2.21 bits per heavy atom. The van der Waals surface area contributed by atoms with Crippen LogP contribution in [0.1, 0.15) is 33.1 Å². The summed E-state index contributed by atoms with van der Waals surface area (Å²) in [5.74, 6) is -0.435. The van der Waals surface area contributed by atoms with Crippen LogP contribution < -0.4 is 0 Å².